The number of aryl methyl sites for hydroxylation is 1. The number of rotatable bonds is 3. The van der Waals surface area contributed by atoms with Crippen LogP contribution in [0.4, 0.5) is 10.5 Å². The van der Waals surface area contributed by atoms with E-state index in [9.17, 15) is 9.59 Å². The summed E-state index contributed by atoms with van der Waals surface area (Å²) in [4.78, 5) is 28.0. The van der Waals surface area contributed by atoms with Crippen LogP contribution in [0.5, 0.6) is 0 Å². The smallest absolute Gasteiger partial charge is 0.282 e. The second-order valence-electron chi connectivity index (χ2n) is 5.72. The lowest BCUT2D eigenvalue weighted by Crippen LogP contribution is -2.33. The Bertz CT molecular complexity index is 758. The maximum atomic E-state index is 12.7. The van der Waals surface area contributed by atoms with E-state index in [1.807, 2.05) is 31.2 Å². The Balaban J connectivity index is 1.87. The number of imide groups is 1. The molecule has 23 heavy (non-hydrogen) atoms. The van der Waals surface area contributed by atoms with Gasteiger partial charge in [0, 0.05) is 10.7 Å². The molecule has 3 amide bonds. The number of urea groups is 1. The molecule has 1 aliphatic rings. The van der Waals surface area contributed by atoms with Crippen molar-refractivity contribution in [1.29, 1.82) is 0 Å². The zero-order chi connectivity index (χ0) is 16.6. The Morgan fingerprint density at radius 3 is 2.43 bits per heavy atom. The van der Waals surface area contributed by atoms with Crippen molar-refractivity contribution in [1.82, 2.24) is 4.90 Å². The Morgan fingerprint density at radius 2 is 1.78 bits per heavy atom. The Kier molecular flexibility index (Phi) is 4.09. The van der Waals surface area contributed by atoms with E-state index in [4.69, 9.17) is 11.6 Å². The predicted molar refractivity (Wildman–Crippen MR) is 90.5 cm³/mol. The number of amides is 3. The number of benzene rings is 2. The zero-order valence-electron chi connectivity index (χ0n) is 13.0. The number of carbonyl (C=O) groups excluding carboxylic acids is 2. The highest BCUT2D eigenvalue weighted by Crippen LogP contribution is 2.28. The molecular formula is C18H17ClN2O2. The number of carbonyl (C=O) groups is 2. The second-order valence-corrected chi connectivity index (χ2v) is 6.15. The SMILES string of the molecule is Cc1cccc(CN2C(=O)[C@@H](C)N(c3ccc(Cl)cc3)C2=O)c1. The van der Waals surface area contributed by atoms with E-state index in [2.05, 4.69) is 0 Å². The number of nitrogens with zero attached hydrogens (tertiary/aromatic N) is 2. The van der Waals surface area contributed by atoms with Gasteiger partial charge < -0.3 is 0 Å². The van der Waals surface area contributed by atoms with Crippen molar-refractivity contribution in [2.24, 2.45) is 0 Å². The Hall–Kier alpha value is -2.33. The topological polar surface area (TPSA) is 40.6 Å². The van der Waals surface area contributed by atoms with Crippen LogP contribution in [0.25, 0.3) is 0 Å². The molecule has 118 valence electrons. The van der Waals surface area contributed by atoms with Crippen molar-refractivity contribution in [3.8, 4) is 0 Å². The highest BCUT2D eigenvalue weighted by molar-refractivity contribution is 6.30. The van der Waals surface area contributed by atoms with Crippen LogP contribution in [0, 0.1) is 6.92 Å². The monoisotopic (exact) mass is 328 g/mol. The van der Waals surface area contributed by atoms with Crippen LogP contribution in [-0.2, 0) is 11.3 Å². The van der Waals surface area contributed by atoms with Crippen LogP contribution in [0.15, 0.2) is 48.5 Å². The van der Waals surface area contributed by atoms with Gasteiger partial charge in [0.2, 0.25) is 0 Å². The molecule has 0 spiro atoms. The highest BCUT2D eigenvalue weighted by Gasteiger charge is 2.43. The van der Waals surface area contributed by atoms with Gasteiger partial charge in [-0.3, -0.25) is 14.6 Å². The summed E-state index contributed by atoms with van der Waals surface area (Å²) in [6.45, 7) is 4.01. The minimum absolute atomic E-state index is 0.188. The third kappa shape index (κ3) is 2.94. The van der Waals surface area contributed by atoms with Crippen LogP contribution in [0.1, 0.15) is 18.1 Å². The van der Waals surface area contributed by atoms with Gasteiger partial charge in [0.05, 0.1) is 6.54 Å². The quantitative estimate of drug-likeness (QED) is 0.799. The van der Waals surface area contributed by atoms with Crippen molar-refractivity contribution in [3.63, 3.8) is 0 Å². The van der Waals surface area contributed by atoms with E-state index >= 15 is 0 Å². The summed E-state index contributed by atoms with van der Waals surface area (Å²) >= 11 is 5.89. The van der Waals surface area contributed by atoms with E-state index in [1.54, 1.807) is 31.2 Å². The summed E-state index contributed by atoms with van der Waals surface area (Å²) in [6.07, 6.45) is 0. The van der Waals surface area contributed by atoms with E-state index < -0.39 is 6.04 Å². The molecule has 0 N–H and O–H groups in total. The fourth-order valence-electron chi connectivity index (χ4n) is 2.80. The lowest BCUT2D eigenvalue weighted by atomic mass is 10.1. The summed E-state index contributed by atoms with van der Waals surface area (Å²) in [5.74, 6) is -0.188. The fraction of sp³-hybridized carbons (Fsp3) is 0.222. The van der Waals surface area contributed by atoms with Crippen LogP contribution in [-0.4, -0.2) is 22.9 Å². The van der Waals surface area contributed by atoms with Gasteiger partial charge in [-0.25, -0.2) is 4.79 Å². The summed E-state index contributed by atoms with van der Waals surface area (Å²) in [5, 5.41) is 0.594. The molecule has 0 aliphatic carbocycles. The summed E-state index contributed by atoms with van der Waals surface area (Å²) < 4.78 is 0. The molecule has 0 bridgehead atoms. The number of hydrogen-bond donors (Lipinski definition) is 0. The molecule has 0 saturated carbocycles. The molecule has 0 unspecified atom stereocenters. The van der Waals surface area contributed by atoms with Crippen molar-refractivity contribution in [2.45, 2.75) is 26.4 Å². The van der Waals surface area contributed by atoms with Crippen molar-refractivity contribution in [3.05, 3.63) is 64.7 Å². The zero-order valence-corrected chi connectivity index (χ0v) is 13.7. The Morgan fingerprint density at radius 1 is 1.09 bits per heavy atom. The third-order valence-corrected chi connectivity index (χ3v) is 4.23. The first-order valence-corrected chi connectivity index (χ1v) is 7.81. The van der Waals surface area contributed by atoms with E-state index in [1.165, 1.54) is 9.80 Å². The van der Waals surface area contributed by atoms with Crippen molar-refractivity contribution >= 4 is 29.2 Å². The minimum atomic E-state index is -0.520. The van der Waals surface area contributed by atoms with Crippen LogP contribution in [0.3, 0.4) is 0 Å². The molecule has 3 rings (SSSR count). The standard InChI is InChI=1S/C18H17ClN2O2/c1-12-4-3-5-14(10-12)11-20-17(22)13(2)21(18(20)23)16-8-6-15(19)7-9-16/h3-10,13H,11H2,1-2H3/t13-/m1/s1. The van der Waals surface area contributed by atoms with Gasteiger partial charge in [0.1, 0.15) is 6.04 Å². The van der Waals surface area contributed by atoms with Crippen LogP contribution in [0.2, 0.25) is 5.02 Å². The maximum absolute atomic E-state index is 12.7. The van der Waals surface area contributed by atoms with Crippen LogP contribution < -0.4 is 4.90 Å². The number of hydrogen-bond acceptors (Lipinski definition) is 2. The predicted octanol–water partition coefficient (Wildman–Crippen LogP) is 4.01. The molecule has 1 fully saturated rings. The lowest BCUT2D eigenvalue weighted by molar-refractivity contribution is -0.127. The van der Waals surface area contributed by atoms with Gasteiger partial charge in [-0.2, -0.15) is 0 Å². The number of anilines is 1. The number of halogens is 1. The largest absolute Gasteiger partial charge is 0.332 e. The third-order valence-electron chi connectivity index (χ3n) is 3.98. The van der Waals surface area contributed by atoms with Crippen molar-refractivity contribution < 1.29 is 9.59 Å². The van der Waals surface area contributed by atoms with E-state index in [0.29, 0.717) is 10.7 Å². The van der Waals surface area contributed by atoms with Gasteiger partial charge in [0.25, 0.3) is 5.91 Å². The second kappa shape index (κ2) is 6.05. The minimum Gasteiger partial charge on any atom is -0.282 e. The van der Waals surface area contributed by atoms with Gasteiger partial charge in [0.15, 0.2) is 0 Å². The maximum Gasteiger partial charge on any atom is 0.332 e. The lowest BCUT2D eigenvalue weighted by Gasteiger charge is -2.19. The highest BCUT2D eigenvalue weighted by atomic mass is 35.5. The van der Waals surface area contributed by atoms with Gasteiger partial charge >= 0.3 is 6.03 Å². The fourth-order valence-corrected chi connectivity index (χ4v) is 2.93. The normalized spacial score (nSPS) is 18.0. The molecule has 2 aromatic rings. The molecular weight excluding hydrogens is 312 g/mol. The molecule has 1 atom stereocenters. The molecule has 5 heteroatoms. The Labute approximate surface area is 140 Å². The van der Waals surface area contributed by atoms with Gasteiger partial charge in [-0.1, -0.05) is 41.4 Å². The summed E-state index contributed by atoms with van der Waals surface area (Å²) in [5.41, 5.74) is 2.72. The summed E-state index contributed by atoms with van der Waals surface area (Å²) in [6, 6.07) is 13.9. The van der Waals surface area contributed by atoms with E-state index in [-0.39, 0.29) is 18.5 Å². The molecule has 1 heterocycles. The first-order chi connectivity index (χ1) is 11.0. The molecule has 2 aromatic carbocycles. The molecule has 4 nitrogen and oxygen atoms in total. The van der Waals surface area contributed by atoms with Crippen molar-refractivity contribution in [2.75, 3.05) is 4.90 Å². The van der Waals surface area contributed by atoms with Gasteiger partial charge in [-0.05, 0) is 43.7 Å². The van der Waals surface area contributed by atoms with Gasteiger partial charge in [-0.15, -0.1) is 0 Å². The molecule has 0 radical (unpaired) electrons. The molecule has 1 saturated heterocycles. The van der Waals surface area contributed by atoms with E-state index in [0.717, 1.165) is 11.1 Å². The average Bonchev–Trinajstić information content (AvgIpc) is 2.73. The average molecular weight is 329 g/mol. The molecule has 0 aromatic heterocycles. The summed E-state index contributed by atoms with van der Waals surface area (Å²) in [7, 11) is 0. The van der Waals surface area contributed by atoms with Crippen LogP contribution >= 0.6 is 11.6 Å². The molecule has 1 aliphatic heterocycles. The first-order valence-electron chi connectivity index (χ1n) is 7.43. The first kappa shape index (κ1) is 15.6.